The van der Waals surface area contributed by atoms with E-state index in [9.17, 15) is 0 Å². The number of methoxy groups -OCH3 is 1. The van der Waals surface area contributed by atoms with Gasteiger partial charge < -0.3 is 23.7 Å². The first-order valence-corrected chi connectivity index (χ1v) is 8.80. The fourth-order valence-corrected chi connectivity index (χ4v) is 3.67. The normalized spacial score (nSPS) is 12.8. The minimum Gasteiger partial charge on any atom is -0.492 e. The Labute approximate surface area is 153 Å². The molecule has 0 aliphatic carbocycles. The Balaban J connectivity index is 1.81. The molecule has 1 aliphatic heterocycles. The summed E-state index contributed by atoms with van der Waals surface area (Å²) in [6.45, 7) is 0.397. The van der Waals surface area contributed by atoms with Crippen LogP contribution in [-0.4, -0.2) is 25.6 Å². The summed E-state index contributed by atoms with van der Waals surface area (Å²) in [6, 6.07) is 9.79. The fourth-order valence-electron chi connectivity index (χ4n) is 3.01. The van der Waals surface area contributed by atoms with Crippen molar-refractivity contribution in [2.75, 3.05) is 20.5 Å². The van der Waals surface area contributed by atoms with Gasteiger partial charge in [0.1, 0.15) is 5.76 Å². The van der Waals surface area contributed by atoms with E-state index in [1.54, 1.807) is 7.11 Å². The molecule has 0 spiro atoms. The molecule has 0 fully saturated rings. The molecule has 25 heavy (non-hydrogen) atoms. The van der Waals surface area contributed by atoms with Gasteiger partial charge in [0.25, 0.3) is 0 Å². The molecule has 2 aromatic carbocycles. The molecule has 0 amide bonds. The molecular weight excluding hydrogens is 388 g/mol. The highest BCUT2D eigenvalue weighted by molar-refractivity contribution is 9.10. The lowest BCUT2D eigenvalue weighted by Gasteiger charge is -2.09. The summed E-state index contributed by atoms with van der Waals surface area (Å²) in [5.41, 5.74) is 2.68. The number of aryl methyl sites for hydroxylation is 1. The molecule has 2 heterocycles. The van der Waals surface area contributed by atoms with Gasteiger partial charge in [-0.15, -0.1) is 0 Å². The first-order valence-electron chi connectivity index (χ1n) is 8.01. The number of hydrogen-bond donors (Lipinski definition) is 1. The van der Waals surface area contributed by atoms with E-state index in [0.717, 1.165) is 44.7 Å². The Kier molecular flexibility index (Phi) is 4.31. The molecule has 0 radical (unpaired) electrons. The molecule has 4 rings (SSSR count). The zero-order valence-electron chi connectivity index (χ0n) is 13.7. The number of rotatable bonds is 5. The van der Waals surface area contributed by atoms with Crippen molar-refractivity contribution in [2.24, 2.45) is 0 Å². The third kappa shape index (κ3) is 2.85. The summed E-state index contributed by atoms with van der Waals surface area (Å²) in [6.07, 6.45) is 1.45. The summed E-state index contributed by atoms with van der Waals surface area (Å²) in [5, 5.41) is 10.1. The smallest absolute Gasteiger partial charge is 0.231 e. The van der Waals surface area contributed by atoms with E-state index < -0.39 is 0 Å². The zero-order chi connectivity index (χ0) is 17.4. The number of fused-ring (bicyclic) bond motifs is 2. The highest BCUT2D eigenvalue weighted by Gasteiger charge is 2.19. The topological polar surface area (TPSA) is 61.1 Å². The van der Waals surface area contributed by atoms with Crippen molar-refractivity contribution in [3.63, 3.8) is 0 Å². The van der Waals surface area contributed by atoms with Crippen LogP contribution in [0.25, 0.3) is 22.3 Å². The average Bonchev–Trinajstić information content (AvgIpc) is 3.25. The van der Waals surface area contributed by atoms with Crippen LogP contribution in [0.1, 0.15) is 12.0 Å². The van der Waals surface area contributed by atoms with Crippen LogP contribution in [0.4, 0.5) is 0 Å². The molecular formula is C19H17BrO5. The van der Waals surface area contributed by atoms with E-state index in [1.165, 1.54) is 0 Å². The highest BCUT2D eigenvalue weighted by Crippen LogP contribution is 2.42. The van der Waals surface area contributed by atoms with Crippen LogP contribution in [0, 0.1) is 0 Å². The van der Waals surface area contributed by atoms with Crippen molar-refractivity contribution in [1.82, 2.24) is 0 Å². The Morgan fingerprint density at radius 2 is 2.00 bits per heavy atom. The lowest BCUT2D eigenvalue weighted by Crippen LogP contribution is -1.94. The molecule has 5 nitrogen and oxygen atoms in total. The van der Waals surface area contributed by atoms with Gasteiger partial charge >= 0.3 is 0 Å². The number of halogens is 1. The Morgan fingerprint density at radius 1 is 1.16 bits per heavy atom. The molecule has 0 atom stereocenters. The quantitative estimate of drug-likeness (QED) is 0.676. The van der Waals surface area contributed by atoms with E-state index >= 15 is 0 Å². The van der Waals surface area contributed by atoms with Crippen LogP contribution in [0.5, 0.6) is 17.2 Å². The molecule has 6 heteroatoms. The van der Waals surface area contributed by atoms with Gasteiger partial charge in [0.05, 0.1) is 11.6 Å². The summed E-state index contributed by atoms with van der Waals surface area (Å²) in [5.74, 6) is 2.86. The van der Waals surface area contributed by atoms with Crippen LogP contribution >= 0.6 is 15.9 Å². The van der Waals surface area contributed by atoms with E-state index in [1.807, 2.05) is 24.3 Å². The van der Waals surface area contributed by atoms with Gasteiger partial charge in [-0.05, 0) is 64.7 Å². The lowest BCUT2D eigenvalue weighted by atomic mass is 10.1. The second kappa shape index (κ2) is 6.61. The van der Waals surface area contributed by atoms with Gasteiger partial charge in [-0.25, -0.2) is 0 Å². The first-order chi connectivity index (χ1) is 12.2. The first kappa shape index (κ1) is 16.3. The predicted octanol–water partition coefficient (Wildman–Crippen LogP) is 4.52. The van der Waals surface area contributed by atoms with Crippen LogP contribution in [-0.2, 0) is 6.42 Å². The number of aliphatic hydroxyl groups excluding tert-OH is 1. The average molecular weight is 405 g/mol. The van der Waals surface area contributed by atoms with Crippen molar-refractivity contribution in [2.45, 2.75) is 12.8 Å². The predicted molar refractivity (Wildman–Crippen MR) is 97.4 cm³/mol. The third-order valence-corrected chi connectivity index (χ3v) is 5.11. The molecule has 130 valence electrons. The summed E-state index contributed by atoms with van der Waals surface area (Å²) >= 11 is 3.60. The molecule has 1 N–H and O–H groups in total. The van der Waals surface area contributed by atoms with Crippen molar-refractivity contribution >= 4 is 26.9 Å². The SMILES string of the molecule is COc1c(Br)c(CCCO)cc2cc(-c3ccc4c(c3)OCO4)oc12. The number of aliphatic hydroxyl groups is 1. The molecule has 0 unspecified atom stereocenters. The number of furan rings is 1. The Hall–Kier alpha value is -2.18. The number of ether oxygens (including phenoxy) is 3. The zero-order valence-corrected chi connectivity index (χ0v) is 15.3. The standard InChI is InChI=1S/C19H17BrO5/c1-22-19-17(20)12(3-2-6-21)7-13-9-15(25-18(13)19)11-4-5-14-16(8-11)24-10-23-14/h4-5,7-9,21H,2-3,6,10H2,1H3. The van der Waals surface area contributed by atoms with Crippen LogP contribution < -0.4 is 14.2 Å². The van der Waals surface area contributed by atoms with Crippen LogP contribution in [0.2, 0.25) is 0 Å². The molecule has 0 saturated carbocycles. The van der Waals surface area contributed by atoms with E-state index in [-0.39, 0.29) is 13.4 Å². The van der Waals surface area contributed by atoms with Crippen molar-refractivity contribution < 1.29 is 23.7 Å². The van der Waals surface area contributed by atoms with Gasteiger partial charge in [-0.3, -0.25) is 0 Å². The largest absolute Gasteiger partial charge is 0.492 e. The number of benzene rings is 2. The minimum atomic E-state index is 0.153. The molecule has 0 bridgehead atoms. The molecule has 3 aromatic rings. The maximum atomic E-state index is 9.10. The van der Waals surface area contributed by atoms with E-state index in [4.69, 9.17) is 23.7 Å². The van der Waals surface area contributed by atoms with Crippen molar-refractivity contribution in [1.29, 1.82) is 0 Å². The summed E-state index contributed by atoms with van der Waals surface area (Å²) in [7, 11) is 1.62. The van der Waals surface area contributed by atoms with Crippen molar-refractivity contribution in [3.05, 3.63) is 40.4 Å². The van der Waals surface area contributed by atoms with Crippen molar-refractivity contribution in [3.8, 4) is 28.6 Å². The Bertz CT molecular complexity index is 931. The van der Waals surface area contributed by atoms with Gasteiger partial charge in [-0.1, -0.05) is 0 Å². The molecule has 0 saturated heterocycles. The maximum Gasteiger partial charge on any atom is 0.231 e. The molecule has 1 aliphatic rings. The third-order valence-electron chi connectivity index (χ3n) is 4.24. The van der Waals surface area contributed by atoms with Crippen LogP contribution in [0.15, 0.2) is 39.2 Å². The van der Waals surface area contributed by atoms with Gasteiger partial charge in [-0.2, -0.15) is 0 Å². The van der Waals surface area contributed by atoms with Gasteiger partial charge in [0.2, 0.25) is 6.79 Å². The molecule has 1 aromatic heterocycles. The monoisotopic (exact) mass is 404 g/mol. The fraction of sp³-hybridized carbons (Fsp3) is 0.263. The van der Waals surface area contributed by atoms with Gasteiger partial charge in [0, 0.05) is 17.6 Å². The number of hydrogen-bond acceptors (Lipinski definition) is 5. The lowest BCUT2D eigenvalue weighted by molar-refractivity contribution is 0.174. The second-order valence-electron chi connectivity index (χ2n) is 5.81. The Morgan fingerprint density at radius 3 is 2.80 bits per heavy atom. The summed E-state index contributed by atoms with van der Waals surface area (Å²) < 4.78 is 23.3. The van der Waals surface area contributed by atoms with E-state index in [2.05, 4.69) is 22.0 Å². The second-order valence-corrected chi connectivity index (χ2v) is 6.60. The van der Waals surface area contributed by atoms with Crippen LogP contribution in [0.3, 0.4) is 0 Å². The summed E-state index contributed by atoms with van der Waals surface area (Å²) in [4.78, 5) is 0. The van der Waals surface area contributed by atoms with Gasteiger partial charge in [0.15, 0.2) is 22.8 Å². The highest BCUT2D eigenvalue weighted by atomic mass is 79.9. The minimum absolute atomic E-state index is 0.153. The van der Waals surface area contributed by atoms with E-state index in [0.29, 0.717) is 17.8 Å². The maximum absolute atomic E-state index is 9.10.